The Morgan fingerprint density at radius 3 is 2.29 bits per heavy atom. The summed E-state index contributed by atoms with van der Waals surface area (Å²) in [7, 11) is 0. The fourth-order valence-electron chi connectivity index (χ4n) is 1.58. The summed E-state index contributed by atoms with van der Waals surface area (Å²) in [5.74, 6) is 1.22. The molecule has 0 amide bonds. The van der Waals surface area contributed by atoms with Crippen molar-refractivity contribution in [3.05, 3.63) is 21.4 Å². The summed E-state index contributed by atoms with van der Waals surface area (Å²) >= 11 is 8.07. The van der Waals surface area contributed by atoms with Crippen LogP contribution in [0.5, 0.6) is 0 Å². The Bertz CT molecular complexity index is 377. The lowest BCUT2D eigenvalue weighted by Crippen LogP contribution is -2.34. The highest BCUT2D eigenvalue weighted by atomic mass is 127. The van der Waals surface area contributed by atoms with Gasteiger partial charge in [-0.25, -0.2) is 4.99 Å². The van der Waals surface area contributed by atoms with Gasteiger partial charge in [-0.3, -0.25) is 0 Å². The monoisotopic (exact) mass is 368 g/mol. The third-order valence-electron chi connectivity index (χ3n) is 2.36. The van der Waals surface area contributed by atoms with Crippen molar-refractivity contribution in [2.75, 3.05) is 0 Å². The van der Waals surface area contributed by atoms with Crippen LogP contribution in [0.4, 0.5) is 0 Å². The first-order valence-corrected chi connectivity index (χ1v) is 6.94. The highest BCUT2D eigenvalue weighted by molar-refractivity contribution is 14.1. The van der Waals surface area contributed by atoms with Gasteiger partial charge in [0.05, 0.1) is 3.58 Å². The molecule has 0 saturated heterocycles. The van der Waals surface area contributed by atoms with E-state index in [0.29, 0.717) is 28.9 Å². The second-order valence-electron chi connectivity index (χ2n) is 4.40. The van der Waals surface area contributed by atoms with Crippen molar-refractivity contribution in [1.82, 2.24) is 10.2 Å². The van der Waals surface area contributed by atoms with Crippen LogP contribution >= 0.6 is 34.2 Å². The summed E-state index contributed by atoms with van der Waals surface area (Å²) in [4.78, 5) is 6.46. The number of halogens is 2. The van der Waals surface area contributed by atoms with Crippen LogP contribution in [0, 0.1) is 0 Å². The van der Waals surface area contributed by atoms with Gasteiger partial charge in [-0.05, 0) is 50.3 Å². The molecular formula is C11H18ClIN4. The second-order valence-corrected chi connectivity index (χ2v) is 5.84. The van der Waals surface area contributed by atoms with Gasteiger partial charge in [-0.15, -0.1) is 0 Å². The highest BCUT2D eigenvalue weighted by Crippen LogP contribution is 2.20. The molecule has 0 fully saturated rings. The van der Waals surface area contributed by atoms with E-state index in [1.807, 2.05) is 6.20 Å². The molecule has 0 bridgehead atoms. The molecule has 3 N–H and O–H groups in total. The lowest BCUT2D eigenvalue weighted by atomic mass is 10.2. The van der Waals surface area contributed by atoms with Crippen molar-refractivity contribution < 1.29 is 0 Å². The largest absolute Gasteiger partial charge is 0.384 e. The molecule has 6 heteroatoms. The predicted molar refractivity (Wildman–Crippen MR) is 81.9 cm³/mol. The van der Waals surface area contributed by atoms with Crippen LogP contribution in [0.1, 0.15) is 27.7 Å². The van der Waals surface area contributed by atoms with Crippen molar-refractivity contribution in [1.29, 1.82) is 0 Å². The van der Waals surface area contributed by atoms with Crippen LogP contribution in [0.2, 0.25) is 0 Å². The van der Waals surface area contributed by atoms with Crippen LogP contribution in [0.25, 0.3) is 0 Å². The molecule has 0 radical (unpaired) electrons. The quantitative estimate of drug-likeness (QED) is 0.753. The van der Waals surface area contributed by atoms with Gasteiger partial charge in [0, 0.05) is 18.3 Å². The highest BCUT2D eigenvalue weighted by Gasteiger charge is 2.16. The van der Waals surface area contributed by atoms with Crippen LogP contribution < -0.4 is 11.1 Å². The summed E-state index contributed by atoms with van der Waals surface area (Å²) in [5, 5.41) is 3.47. The molecule has 0 spiro atoms. The summed E-state index contributed by atoms with van der Waals surface area (Å²) < 4.78 is 0.752. The number of allylic oxidation sites excluding steroid dienone is 1. The van der Waals surface area contributed by atoms with Crippen LogP contribution in [0.3, 0.4) is 0 Å². The molecule has 4 nitrogen and oxygen atoms in total. The van der Waals surface area contributed by atoms with Gasteiger partial charge < -0.3 is 16.0 Å². The van der Waals surface area contributed by atoms with E-state index in [1.165, 1.54) is 0 Å². The van der Waals surface area contributed by atoms with E-state index in [1.54, 1.807) is 0 Å². The Labute approximate surface area is 121 Å². The molecule has 0 aliphatic carbocycles. The number of rotatable bonds is 3. The minimum Gasteiger partial charge on any atom is -0.384 e. The molecule has 1 aliphatic heterocycles. The fourth-order valence-corrected chi connectivity index (χ4v) is 2.03. The Morgan fingerprint density at radius 2 is 1.88 bits per heavy atom. The third kappa shape index (κ3) is 3.77. The molecule has 1 rings (SSSR count). The number of aliphatic imine (C=N–C) groups is 1. The van der Waals surface area contributed by atoms with Crippen molar-refractivity contribution in [3.8, 4) is 0 Å². The van der Waals surface area contributed by atoms with Gasteiger partial charge in [-0.2, -0.15) is 0 Å². The molecule has 17 heavy (non-hydrogen) atoms. The number of hydrogen-bond acceptors (Lipinski definition) is 4. The van der Waals surface area contributed by atoms with Crippen molar-refractivity contribution >= 4 is 39.4 Å². The SMILES string of the molecule is CC(C)N(C=C1N=C(Cl)C(I)=C(N)N1)C(C)C. The number of nitrogens with one attached hydrogen (secondary N) is 1. The molecular weight excluding hydrogens is 351 g/mol. The molecule has 0 atom stereocenters. The lowest BCUT2D eigenvalue weighted by molar-refractivity contribution is 0.253. The lowest BCUT2D eigenvalue weighted by Gasteiger charge is -2.30. The normalized spacial score (nSPS) is 18.8. The molecule has 1 aliphatic rings. The van der Waals surface area contributed by atoms with Gasteiger partial charge in [0.2, 0.25) is 0 Å². The molecule has 0 unspecified atom stereocenters. The Balaban J connectivity index is 2.96. The van der Waals surface area contributed by atoms with Gasteiger partial charge in [0.15, 0.2) is 0 Å². The number of nitrogens with two attached hydrogens (primary N) is 1. The van der Waals surface area contributed by atoms with Crippen LogP contribution in [-0.2, 0) is 0 Å². The fraction of sp³-hybridized carbons (Fsp3) is 0.545. The van der Waals surface area contributed by atoms with Crippen LogP contribution in [0.15, 0.2) is 26.4 Å². The maximum Gasteiger partial charge on any atom is 0.149 e. The van der Waals surface area contributed by atoms with E-state index in [0.717, 1.165) is 3.58 Å². The maximum atomic E-state index is 6.00. The van der Waals surface area contributed by atoms with Gasteiger partial charge in [0.1, 0.15) is 16.8 Å². The van der Waals surface area contributed by atoms with Crippen molar-refractivity contribution in [2.24, 2.45) is 10.7 Å². The van der Waals surface area contributed by atoms with Gasteiger partial charge in [0.25, 0.3) is 0 Å². The Morgan fingerprint density at radius 1 is 1.35 bits per heavy atom. The molecule has 0 aromatic carbocycles. The second kappa shape index (κ2) is 5.95. The standard InChI is InChI=1S/C11H18ClIN4/c1-6(2)17(7(3)4)5-8-15-10(12)9(13)11(14)16-8/h5-7,16H,14H2,1-4H3. The van der Waals surface area contributed by atoms with Crippen LogP contribution in [-0.4, -0.2) is 22.2 Å². The molecule has 1 heterocycles. The third-order valence-corrected chi connectivity index (χ3v) is 4.05. The molecule has 0 aromatic heterocycles. The minimum atomic E-state index is 0.393. The van der Waals surface area contributed by atoms with Crippen molar-refractivity contribution in [3.63, 3.8) is 0 Å². The average Bonchev–Trinajstić information content (AvgIpc) is 2.21. The maximum absolute atomic E-state index is 6.00. The van der Waals surface area contributed by atoms with E-state index in [4.69, 9.17) is 17.3 Å². The van der Waals surface area contributed by atoms with E-state index < -0.39 is 0 Å². The smallest absolute Gasteiger partial charge is 0.149 e. The van der Waals surface area contributed by atoms with Gasteiger partial charge >= 0.3 is 0 Å². The summed E-state index contributed by atoms with van der Waals surface area (Å²) in [5.41, 5.74) is 5.82. The zero-order valence-corrected chi connectivity index (χ0v) is 13.4. The summed E-state index contributed by atoms with van der Waals surface area (Å²) in [6.45, 7) is 8.53. The average molecular weight is 369 g/mol. The predicted octanol–water partition coefficient (Wildman–Crippen LogP) is 2.71. The first kappa shape index (κ1) is 14.6. The number of nitrogens with zero attached hydrogens (tertiary/aromatic N) is 2. The topological polar surface area (TPSA) is 53.6 Å². The van der Waals surface area contributed by atoms with E-state index in [2.05, 4.69) is 65.5 Å². The first-order chi connectivity index (χ1) is 7.82. The molecule has 96 valence electrons. The molecule has 0 saturated carbocycles. The summed E-state index contributed by atoms with van der Waals surface area (Å²) in [6.07, 6.45) is 1.95. The zero-order chi connectivity index (χ0) is 13.2. The first-order valence-electron chi connectivity index (χ1n) is 5.49. The molecule has 0 aromatic rings. The minimum absolute atomic E-state index is 0.393. The Kier molecular flexibility index (Phi) is 5.12. The van der Waals surface area contributed by atoms with E-state index in [9.17, 15) is 0 Å². The zero-order valence-electron chi connectivity index (χ0n) is 10.5. The van der Waals surface area contributed by atoms with E-state index >= 15 is 0 Å². The summed E-state index contributed by atoms with van der Waals surface area (Å²) in [6, 6.07) is 0.786. The van der Waals surface area contributed by atoms with Crippen molar-refractivity contribution in [2.45, 2.75) is 39.8 Å². The Hall–Kier alpha value is -0.430. The van der Waals surface area contributed by atoms with Gasteiger partial charge in [-0.1, -0.05) is 11.6 Å². The van der Waals surface area contributed by atoms with E-state index in [-0.39, 0.29) is 0 Å². The number of hydrogen-bond donors (Lipinski definition) is 2.